The molecule has 0 radical (unpaired) electrons. The van der Waals surface area contributed by atoms with Crippen LogP contribution in [0.1, 0.15) is 49.4 Å². The van der Waals surface area contributed by atoms with Crippen LogP contribution in [-0.4, -0.2) is 12.5 Å². The summed E-state index contributed by atoms with van der Waals surface area (Å²) in [6, 6.07) is 14.2. The van der Waals surface area contributed by atoms with E-state index in [2.05, 4.69) is 22.3 Å². The van der Waals surface area contributed by atoms with Gasteiger partial charge < -0.3 is 10.2 Å². The van der Waals surface area contributed by atoms with Gasteiger partial charge in [0.15, 0.2) is 0 Å². The zero-order valence-corrected chi connectivity index (χ0v) is 20.6. The first-order valence-electron chi connectivity index (χ1n) is 11.7. The van der Waals surface area contributed by atoms with E-state index in [0.29, 0.717) is 18.5 Å². The SMILES string of the molecule is Cc1cc(-c2cc(N3CCc4cc(F)ccc4C3)cc(C)c2NC(=O)CC(C)(C)C)ccc1F. The number of aryl methyl sites for hydroxylation is 2. The molecule has 3 nitrogen and oxygen atoms in total. The van der Waals surface area contributed by atoms with E-state index in [0.717, 1.165) is 52.2 Å². The fourth-order valence-corrected chi connectivity index (χ4v) is 4.56. The van der Waals surface area contributed by atoms with Gasteiger partial charge in [0, 0.05) is 30.8 Å². The monoisotopic (exact) mass is 462 g/mol. The van der Waals surface area contributed by atoms with Crippen molar-refractivity contribution in [1.29, 1.82) is 0 Å². The van der Waals surface area contributed by atoms with Crippen LogP contribution in [0.15, 0.2) is 48.5 Å². The van der Waals surface area contributed by atoms with Crippen molar-refractivity contribution in [3.63, 3.8) is 0 Å². The lowest BCUT2D eigenvalue weighted by atomic mass is 9.91. The van der Waals surface area contributed by atoms with E-state index >= 15 is 0 Å². The minimum atomic E-state index is -0.255. The summed E-state index contributed by atoms with van der Waals surface area (Å²) in [4.78, 5) is 15.1. The summed E-state index contributed by atoms with van der Waals surface area (Å²) >= 11 is 0. The largest absolute Gasteiger partial charge is 0.367 e. The Bertz CT molecular complexity index is 1240. The summed E-state index contributed by atoms with van der Waals surface area (Å²) in [5.74, 6) is -0.500. The fraction of sp³-hybridized carbons (Fsp3) is 0.345. The second-order valence-corrected chi connectivity index (χ2v) is 10.5. The van der Waals surface area contributed by atoms with Crippen LogP contribution < -0.4 is 10.2 Å². The highest BCUT2D eigenvalue weighted by Gasteiger charge is 2.22. The molecule has 34 heavy (non-hydrogen) atoms. The van der Waals surface area contributed by atoms with E-state index in [9.17, 15) is 13.6 Å². The van der Waals surface area contributed by atoms with Gasteiger partial charge in [-0.25, -0.2) is 8.78 Å². The van der Waals surface area contributed by atoms with Crippen molar-refractivity contribution >= 4 is 17.3 Å². The normalized spacial score (nSPS) is 13.6. The lowest BCUT2D eigenvalue weighted by Crippen LogP contribution is -2.30. The van der Waals surface area contributed by atoms with E-state index in [4.69, 9.17) is 0 Å². The number of carbonyl (C=O) groups excluding carboxylic acids is 1. The maximum Gasteiger partial charge on any atom is 0.224 e. The number of anilines is 2. The molecule has 5 heteroatoms. The van der Waals surface area contributed by atoms with Crippen molar-refractivity contribution in [2.24, 2.45) is 5.41 Å². The zero-order chi connectivity index (χ0) is 24.6. The summed E-state index contributed by atoms with van der Waals surface area (Å²) in [7, 11) is 0. The topological polar surface area (TPSA) is 32.3 Å². The van der Waals surface area contributed by atoms with Crippen molar-refractivity contribution in [3.8, 4) is 11.1 Å². The maximum absolute atomic E-state index is 14.0. The quantitative estimate of drug-likeness (QED) is 0.445. The van der Waals surface area contributed by atoms with Gasteiger partial charge in [0.2, 0.25) is 5.91 Å². The highest BCUT2D eigenvalue weighted by molar-refractivity contribution is 5.98. The number of rotatable bonds is 4. The van der Waals surface area contributed by atoms with Crippen molar-refractivity contribution < 1.29 is 13.6 Å². The first-order valence-corrected chi connectivity index (χ1v) is 11.7. The van der Waals surface area contributed by atoms with Crippen molar-refractivity contribution in [2.45, 2.75) is 54.0 Å². The number of nitrogens with zero attached hydrogens (tertiary/aromatic N) is 1. The molecule has 0 fully saturated rings. The number of fused-ring (bicyclic) bond motifs is 1. The zero-order valence-electron chi connectivity index (χ0n) is 20.6. The standard InChI is InChI=1S/C29H32F2N2O/c1-18-12-21(7-9-26(18)31)25-15-24(13-19(2)28(25)32-27(34)16-29(3,4)5)33-11-10-20-14-23(30)8-6-22(20)17-33/h6-9,12-15H,10-11,16-17H2,1-5H3,(H,32,34). The molecule has 0 saturated carbocycles. The van der Waals surface area contributed by atoms with E-state index in [-0.39, 0.29) is 23.0 Å². The highest BCUT2D eigenvalue weighted by atomic mass is 19.1. The fourth-order valence-electron chi connectivity index (χ4n) is 4.56. The lowest BCUT2D eigenvalue weighted by Gasteiger charge is -2.32. The second-order valence-electron chi connectivity index (χ2n) is 10.5. The predicted octanol–water partition coefficient (Wildman–Crippen LogP) is 7.19. The van der Waals surface area contributed by atoms with Crippen LogP contribution in [0, 0.1) is 30.9 Å². The molecule has 3 aromatic rings. The van der Waals surface area contributed by atoms with Crippen LogP contribution in [-0.2, 0) is 17.8 Å². The van der Waals surface area contributed by atoms with Gasteiger partial charge in [0.25, 0.3) is 0 Å². The average molecular weight is 463 g/mol. The molecule has 3 aromatic carbocycles. The molecular weight excluding hydrogens is 430 g/mol. The molecule has 0 aromatic heterocycles. The Hall–Kier alpha value is -3.21. The van der Waals surface area contributed by atoms with E-state index in [1.807, 2.05) is 39.8 Å². The third kappa shape index (κ3) is 5.30. The molecule has 0 aliphatic carbocycles. The third-order valence-electron chi connectivity index (χ3n) is 6.29. The van der Waals surface area contributed by atoms with Crippen molar-refractivity contribution in [3.05, 3.63) is 82.4 Å². The van der Waals surface area contributed by atoms with Gasteiger partial charge in [0.1, 0.15) is 11.6 Å². The Labute approximate surface area is 200 Å². The van der Waals surface area contributed by atoms with Gasteiger partial charge in [-0.15, -0.1) is 0 Å². The smallest absolute Gasteiger partial charge is 0.224 e. The maximum atomic E-state index is 14.0. The Kier molecular flexibility index (Phi) is 6.48. The van der Waals surface area contributed by atoms with Crippen LogP contribution in [0.25, 0.3) is 11.1 Å². The van der Waals surface area contributed by atoms with Gasteiger partial charge in [-0.05, 0) is 89.9 Å². The van der Waals surface area contributed by atoms with Gasteiger partial charge in [0.05, 0.1) is 5.69 Å². The summed E-state index contributed by atoms with van der Waals surface area (Å²) < 4.78 is 27.7. The molecular formula is C29H32F2N2O. The van der Waals surface area contributed by atoms with Gasteiger partial charge >= 0.3 is 0 Å². The van der Waals surface area contributed by atoms with Crippen LogP contribution in [0.3, 0.4) is 0 Å². The molecule has 0 bridgehead atoms. The first kappa shape index (κ1) is 23.9. The van der Waals surface area contributed by atoms with Crippen LogP contribution >= 0.6 is 0 Å². The summed E-state index contributed by atoms with van der Waals surface area (Å²) in [6.45, 7) is 11.3. The summed E-state index contributed by atoms with van der Waals surface area (Å²) in [5, 5.41) is 3.13. The minimum absolute atomic E-state index is 0.0441. The molecule has 1 amide bonds. The average Bonchev–Trinajstić information content (AvgIpc) is 2.75. The number of halogens is 2. The Morgan fingerprint density at radius 1 is 0.971 bits per heavy atom. The Morgan fingerprint density at radius 2 is 1.74 bits per heavy atom. The molecule has 1 aliphatic rings. The molecule has 1 aliphatic heterocycles. The number of benzene rings is 3. The molecule has 0 spiro atoms. The van der Waals surface area contributed by atoms with Crippen molar-refractivity contribution in [2.75, 3.05) is 16.8 Å². The number of amides is 1. The third-order valence-corrected chi connectivity index (χ3v) is 6.29. The van der Waals surface area contributed by atoms with Gasteiger partial charge in [-0.3, -0.25) is 4.79 Å². The molecule has 178 valence electrons. The second kappa shape index (κ2) is 9.21. The molecule has 0 saturated heterocycles. The van der Waals surface area contributed by atoms with Gasteiger partial charge in [-0.1, -0.05) is 32.9 Å². The number of nitrogens with one attached hydrogen (secondary N) is 1. The lowest BCUT2D eigenvalue weighted by molar-refractivity contribution is -0.117. The molecule has 0 atom stereocenters. The number of hydrogen-bond acceptors (Lipinski definition) is 2. The number of hydrogen-bond donors (Lipinski definition) is 1. The Morgan fingerprint density at radius 3 is 2.44 bits per heavy atom. The van der Waals surface area contributed by atoms with E-state index in [1.165, 1.54) is 12.1 Å². The van der Waals surface area contributed by atoms with Crippen LogP contribution in [0.5, 0.6) is 0 Å². The van der Waals surface area contributed by atoms with Crippen LogP contribution in [0.4, 0.5) is 20.2 Å². The Balaban J connectivity index is 1.75. The van der Waals surface area contributed by atoms with E-state index in [1.54, 1.807) is 19.1 Å². The first-order chi connectivity index (χ1) is 16.0. The molecule has 4 rings (SSSR count). The highest BCUT2D eigenvalue weighted by Crippen LogP contribution is 2.38. The summed E-state index contributed by atoms with van der Waals surface area (Å²) in [5.41, 5.74) is 7.04. The van der Waals surface area contributed by atoms with Crippen molar-refractivity contribution in [1.82, 2.24) is 0 Å². The van der Waals surface area contributed by atoms with Crippen LogP contribution in [0.2, 0.25) is 0 Å². The predicted molar refractivity (Wildman–Crippen MR) is 135 cm³/mol. The minimum Gasteiger partial charge on any atom is -0.367 e. The van der Waals surface area contributed by atoms with Gasteiger partial charge in [-0.2, -0.15) is 0 Å². The van der Waals surface area contributed by atoms with E-state index < -0.39 is 0 Å². The molecule has 1 N–H and O–H groups in total. The molecule has 0 unspecified atom stereocenters. The summed E-state index contributed by atoms with van der Waals surface area (Å²) in [6.07, 6.45) is 1.16. The number of carbonyl (C=O) groups is 1. The molecule has 1 heterocycles.